The van der Waals surface area contributed by atoms with Gasteiger partial charge < -0.3 is 15.6 Å². The molecule has 0 saturated heterocycles. The Morgan fingerprint density at radius 3 is 2.50 bits per heavy atom. The fourth-order valence-corrected chi connectivity index (χ4v) is 0.449. The van der Waals surface area contributed by atoms with Crippen molar-refractivity contribution in [3.63, 3.8) is 0 Å². The Hall–Kier alpha value is -0.410. The molecule has 2 atom stereocenters. The maximum atomic E-state index is 9.80. The van der Waals surface area contributed by atoms with E-state index >= 15 is 0 Å². The lowest BCUT2D eigenvalue weighted by Crippen LogP contribution is -2.25. The molecule has 0 bridgehead atoms. The number of carbonyl (C=O) groups is 1. The molecule has 3 nitrogen and oxygen atoms in total. The van der Waals surface area contributed by atoms with Crippen LogP contribution in [0.1, 0.15) is 13.3 Å². The summed E-state index contributed by atoms with van der Waals surface area (Å²) in [6, 6.07) is -0.505. The van der Waals surface area contributed by atoms with Crippen molar-refractivity contribution in [1.82, 2.24) is 0 Å². The van der Waals surface area contributed by atoms with Crippen molar-refractivity contribution in [2.45, 2.75) is 25.5 Å². The minimum Gasteiger partial charge on any atom is -0.393 e. The van der Waals surface area contributed by atoms with Crippen LogP contribution in [0.3, 0.4) is 0 Å². The summed E-state index contributed by atoms with van der Waals surface area (Å²) in [6.45, 7) is 1.60. The largest absolute Gasteiger partial charge is 0.393 e. The van der Waals surface area contributed by atoms with Gasteiger partial charge in [-0.2, -0.15) is 0 Å². The van der Waals surface area contributed by atoms with Crippen molar-refractivity contribution in [1.29, 1.82) is 0 Å². The molecule has 0 unspecified atom stereocenters. The average Bonchev–Trinajstić information content (AvgIpc) is 1.65. The normalized spacial score (nSPS) is 17.4. The van der Waals surface area contributed by atoms with Crippen molar-refractivity contribution in [3.8, 4) is 0 Å². The lowest BCUT2D eigenvalue weighted by molar-refractivity contribution is -0.109. The van der Waals surface area contributed by atoms with Gasteiger partial charge in [0.15, 0.2) is 0 Å². The van der Waals surface area contributed by atoms with E-state index in [1.165, 1.54) is 0 Å². The van der Waals surface area contributed by atoms with Gasteiger partial charge in [0, 0.05) is 0 Å². The summed E-state index contributed by atoms with van der Waals surface area (Å²) in [5.74, 6) is 0. The lowest BCUT2D eigenvalue weighted by atomic mass is 10.2. The van der Waals surface area contributed by atoms with E-state index in [1.54, 1.807) is 6.92 Å². The predicted octanol–water partition coefficient (Wildman–Crippen LogP) is -0.717. The number of nitrogens with two attached hydrogens (primary N) is 1. The maximum absolute atomic E-state index is 9.80. The van der Waals surface area contributed by atoms with Crippen LogP contribution in [0.5, 0.6) is 0 Å². The van der Waals surface area contributed by atoms with Crippen molar-refractivity contribution >= 4 is 6.29 Å². The number of aliphatic hydroxyl groups is 1. The molecule has 0 amide bonds. The molecule has 0 saturated carbocycles. The minimum absolute atomic E-state index is 0.351. The number of aldehydes is 1. The van der Waals surface area contributed by atoms with E-state index in [9.17, 15) is 4.79 Å². The molecule has 0 aromatic rings. The highest BCUT2D eigenvalue weighted by Crippen LogP contribution is 1.90. The molecule has 8 heavy (non-hydrogen) atoms. The lowest BCUT2D eigenvalue weighted by Gasteiger charge is -2.04. The van der Waals surface area contributed by atoms with Gasteiger partial charge in [-0.15, -0.1) is 0 Å². The van der Waals surface area contributed by atoms with E-state index < -0.39 is 12.1 Å². The Morgan fingerprint density at radius 1 is 1.88 bits per heavy atom. The summed E-state index contributed by atoms with van der Waals surface area (Å²) in [6.07, 6.45) is 0.506. The van der Waals surface area contributed by atoms with E-state index in [2.05, 4.69) is 0 Å². The summed E-state index contributed by atoms with van der Waals surface area (Å²) < 4.78 is 0. The van der Waals surface area contributed by atoms with Gasteiger partial charge in [0.05, 0.1) is 12.1 Å². The molecule has 48 valence electrons. The highest BCUT2D eigenvalue weighted by atomic mass is 16.3. The van der Waals surface area contributed by atoms with Crippen molar-refractivity contribution in [2.24, 2.45) is 5.73 Å². The number of hydrogen-bond donors (Lipinski definition) is 2. The molecule has 0 aliphatic rings. The second-order valence-corrected chi connectivity index (χ2v) is 1.88. The Bertz CT molecular complexity index is 72.8. The van der Waals surface area contributed by atoms with Crippen LogP contribution in [-0.2, 0) is 4.79 Å². The van der Waals surface area contributed by atoms with Crippen LogP contribution >= 0.6 is 0 Å². The maximum Gasteiger partial charge on any atom is 0.136 e. The standard InChI is InChI=1S/C5H11NO2/c1-4(8)2-5(6)3-7/h3-5,8H,2,6H2,1H3/t4-,5-/m0/s1. The topological polar surface area (TPSA) is 63.3 Å². The van der Waals surface area contributed by atoms with E-state index in [0.29, 0.717) is 12.7 Å². The highest BCUT2D eigenvalue weighted by Gasteiger charge is 2.02. The van der Waals surface area contributed by atoms with E-state index in [4.69, 9.17) is 10.8 Å². The second kappa shape index (κ2) is 3.57. The van der Waals surface area contributed by atoms with E-state index in [1.807, 2.05) is 0 Å². The van der Waals surface area contributed by atoms with Crippen molar-refractivity contribution in [3.05, 3.63) is 0 Å². The third-order valence-electron chi connectivity index (χ3n) is 0.788. The molecule has 0 radical (unpaired) electrons. The van der Waals surface area contributed by atoms with Crippen LogP contribution in [0.2, 0.25) is 0 Å². The molecule has 0 aromatic carbocycles. The molecular weight excluding hydrogens is 106 g/mol. The predicted molar refractivity (Wildman–Crippen MR) is 30.3 cm³/mol. The van der Waals surface area contributed by atoms with Crippen LogP contribution in [0.15, 0.2) is 0 Å². The van der Waals surface area contributed by atoms with Crippen LogP contribution in [-0.4, -0.2) is 23.5 Å². The monoisotopic (exact) mass is 117 g/mol. The molecule has 3 N–H and O–H groups in total. The first-order valence-electron chi connectivity index (χ1n) is 2.55. The van der Waals surface area contributed by atoms with Gasteiger partial charge in [0.25, 0.3) is 0 Å². The minimum atomic E-state index is -0.505. The second-order valence-electron chi connectivity index (χ2n) is 1.88. The SMILES string of the molecule is C[C@H](O)C[C@H](N)C=O. The fraction of sp³-hybridized carbons (Fsp3) is 0.800. The van der Waals surface area contributed by atoms with Crippen LogP contribution in [0.25, 0.3) is 0 Å². The number of carbonyl (C=O) groups excluding carboxylic acids is 1. The van der Waals surface area contributed by atoms with Crippen LogP contribution < -0.4 is 5.73 Å². The third-order valence-corrected chi connectivity index (χ3v) is 0.788. The summed E-state index contributed by atoms with van der Waals surface area (Å²) in [7, 11) is 0. The van der Waals surface area contributed by atoms with Gasteiger partial charge in [-0.25, -0.2) is 0 Å². The van der Waals surface area contributed by atoms with Crippen molar-refractivity contribution < 1.29 is 9.90 Å². The summed E-state index contributed by atoms with van der Waals surface area (Å²) in [5.41, 5.74) is 5.15. The first-order chi connectivity index (χ1) is 3.66. The van der Waals surface area contributed by atoms with Crippen LogP contribution in [0.4, 0.5) is 0 Å². The molecule has 0 spiro atoms. The first kappa shape index (κ1) is 7.59. The molecular formula is C5H11NO2. The zero-order valence-electron chi connectivity index (χ0n) is 4.87. The molecule has 0 aliphatic carbocycles. The zero-order chi connectivity index (χ0) is 6.57. The smallest absolute Gasteiger partial charge is 0.136 e. The highest BCUT2D eigenvalue weighted by molar-refractivity contribution is 5.56. The zero-order valence-corrected chi connectivity index (χ0v) is 4.87. The first-order valence-corrected chi connectivity index (χ1v) is 2.55. The molecule has 0 aromatic heterocycles. The Morgan fingerprint density at radius 2 is 2.38 bits per heavy atom. The Balaban J connectivity index is 3.23. The number of aliphatic hydroxyl groups excluding tert-OH is 1. The summed E-state index contributed by atoms with van der Waals surface area (Å²) in [4.78, 5) is 9.80. The average molecular weight is 117 g/mol. The van der Waals surface area contributed by atoms with E-state index in [0.717, 1.165) is 0 Å². The third kappa shape index (κ3) is 3.77. The summed E-state index contributed by atoms with van der Waals surface area (Å²) in [5, 5.41) is 8.62. The quantitative estimate of drug-likeness (QED) is 0.480. The summed E-state index contributed by atoms with van der Waals surface area (Å²) >= 11 is 0. The number of hydrogen-bond acceptors (Lipinski definition) is 3. The molecule has 3 heteroatoms. The van der Waals surface area contributed by atoms with Gasteiger partial charge in [0.1, 0.15) is 6.29 Å². The fourth-order valence-electron chi connectivity index (χ4n) is 0.449. The molecule has 0 fully saturated rings. The van der Waals surface area contributed by atoms with Gasteiger partial charge in [-0.1, -0.05) is 0 Å². The molecule has 0 heterocycles. The molecule has 0 aliphatic heterocycles. The van der Waals surface area contributed by atoms with Gasteiger partial charge in [-0.05, 0) is 13.3 Å². The van der Waals surface area contributed by atoms with E-state index in [-0.39, 0.29) is 0 Å². The Kier molecular flexibility index (Phi) is 3.39. The van der Waals surface area contributed by atoms with Gasteiger partial charge in [0.2, 0.25) is 0 Å². The molecule has 0 rings (SSSR count). The van der Waals surface area contributed by atoms with Crippen LogP contribution in [0, 0.1) is 0 Å². The van der Waals surface area contributed by atoms with Gasteiger partial charge in [-0.3, -0.25) is 0 Å². The Labute approximate surface area is 48.5 Å². The number of rotatable bonds is 3. The van der Waals surface area contributed by atoms with Crippen molar-refractivity contribution in [2.75, 3.05) is 0 Å². The van der Waals surface area contributed by atoms with Gasteiger partial charge >= 0.3 is 0 Å².